The summed E-state index contributed by atoms with van der Waals surface area (Å²) in [4.78, 5) is 0. The van der Waals surface area contributed by atoms with Gasteiger partial charge in [-0.3, -0.25) is 0 Å². The summed E-state index contributed by atoms with van der Waals surface area (Å²) in [5.41, 5.74) is 1.04. The number of hydrogen-bond acceptors (Lipinski definition) is 6. The van der Waals surface area contributed by atoms with Crippen LogP contribution in [0.1, 0.15) is 0 Å². The Bertz CT molecular complexity index is 484. The van der Waals surface area contributed by atoms with Gasteiger partial charge in [0.25, 0.3) is 0 Å². The molecular formula is C12H15N3O2S. The Kier molecular flexibility index (Phi) is 4.49. The van der Waals surface area contributed by atoms with Crippen molar-refractivity contribution < 1.29 is 9.47 Å². The van der Waals surface area contributed by atoms with E-state index < -0.39 is 0 Å². The fourth-order valence-electron chi connectivity index (χ4n) is 1.40. The van der Waals surface area contributed by atoms with Gasteiger partial charge in [0.1, 0.15) is 10.8 Å². The van der Waals surface area contributed by atoms with Gasteiger partial charge >= 0.3 is 0 Å². The zero-order chi connectivity index (χ0) is 12.8. The normalized spacial score (nSPS) is 10.3. The number of anilines is 1. The second-order valence-corrected chi connectivity index (χ2v) is 4.54. The predicted molar refractivity (Wildman–Crippen MR) is 72.3 cm³/mol. The Morgan fingerprint density at radius 3 is 2.61 bits per heavy atom. The van der Waals surface area contributed by atoms with E-state index in [9.17, 15) is 0 Å². The highest BCUT2D eigenvalue weighted by Gasteiger charge is 2.06. The van der Waals surface area contributed by atoms with Crippen LogP contribution in [-0.4, -0.2) is 37.6 Å². The van der Waals surface area contributed by atoms with E-state index in [1.807, 2.05) is 24.3 Å². The van der Waals surface area contributed by atoms with Crippen LogP contribution in [0.4, 0.5) is 5.13 Å². The molecule has 96 valence electrons. The molecule has 0 saturated carbocycles. The smallest absolute Gasteiger partial charge is 0.206 e. The van der Waals surface area contributed by atoms with Gasteiger partial charge in [-0.25, -0.2) is 0 Å². The van der Waals surface area contributed by atoms with Crippen LogP contribution in [0.2, 0.25) is 0 Å². The number of benzene rings is 1. The van der Waals surface area contributed by atoms with Gasteiger partial charge in [-0.2, -0.15) is 0 Å². The molecule has 2 rings (SSSR count). The van der Waals surface area contributed by atoms with Gasteiger partial charge in [-0.05, 0) is 24.3 Å². The van der Waals surface area contributed by atoms with Crippen LogP contribution in [0.25, 0.3) is 10.6 Å². The lowest BCUT2D eigenvalue weighted by Crippen LogP contribution is -2.06. The van der Waals surface area contributed by atoms with Crippen molar-refractivity contribution in [3.05, 3.63) is 24.3 Å². The van der Waals surface area contributed by atoms with E-state index in [2.05, 4.69) is 15.5 Å². The third kappa shape index (κ3) is 3.18. The van der Waals surface area contributed by atoms with Crippen LogP contribution in [0.3, 0.4) is 0 Å². The molecule has 0 aliphatic rings. The van der Waals surface area contributed by atoms with Crippen LogP contribution in [0.15, 0.2) is 24.3 Å². The number of ether oxygens (including phenoxy) is 2. The first-order valence-corrected chi connectivity index (χ1v) is 6.36. The van der Waals surface area contributed by atoms with Gasteiger partial charge in [0.05, 0.1) is 13.7 Å². The first-order valence-electron chi connectivity index (χ1n) is 5.54. The van der Waals surface area contributed by atoms with E-state index in [4.69, 9.17) is 9.47 Å². The largest absolute Gasteiger partial charge is 0.497 e. The molecule has 0 atom stereocenters. The minimum atomic E-state index is 0.650. The van der Waals surface area contributed by atoms with E-state index in [0.29, 0.717) is 6.61 Å². The van der Waals surface area contributed by atoms with Gasteiger partial charge in [-0.1, -0.05) is 11.3 Å². The number of nitrogens with one attached hydrogen (secondary N) is 1. The maximum atomic E-state index is 5.12. The molecule has 1 aromatic heterocycles. The predicted octanol–water partition coefficient (Wildman–Crippen LogP) is 2.27. The maximum absolute atomic E-state index is 5.12. The molecule has 5 nitrogen and oxygen atoms in total. The van der Waals surface area contributed by atoms with Crippen molar-refractivity contribution in [2.75, 3.05) is 32.7 Å². The van der Waals surface area contributed by atoms with Crippen molar-refractivity contribution in [3.63, 3.8) is 0 Å². The van der Waals surface area contributed by atoms with Crippen molar-refractivity contribution in [1.29, 1.82) is 0 Å². The number of nitrogens with zero attached hydrogens (tertiary/aromatic N) is 2. The van der Waals surface area contributed by atoms with E-state index in [1.165, 1.54) is 11.3 Å². The highest BCUT2D eigenvalue weighted by molar-refractivity contribution is 7.18. The molecule has 0 aliphatic heterocycles. The summed E-state index contributed by atoms with van der Waals surface area (Å²) in [5, 5.41) is 13.1. The standard InChI is InChI=1S/C12H15N3O2S/c1-16-8-7-13-12-15-14-11(18-12)9-3-5-10(17-2)6-4-9/h3-6H,7-8H2,1-2H3,(H,13,15). The fourth-order valence-corrected chi connectivity index (χ4v) is 2.18. The van der Waals surface area contributed by atoms with Crippen molar-refractivity contribution in [3.8, 4) is 16.3 Å². The molecule has 1 aromatic carbocycles. The van der Waals surface area contributed by atoms with Crippen LogP contribution in [-0.2, 0) is 4.74 Å². The monoisotopic (exact) mass is 265 g/mol. The zero-order valence-corrected chi connectivity index (χ0v) is 11.2. The van der Waals surface area contributed by atoms with Gasteiger partial charge < -0.3 is 14.8 Å². The molecule has 1 N–H and O–H groups in total. The molecule has 1 heterocycles. The molecule has 0 spiro atoms. The summed E-state index contributed by atoms with van der Waals surface area (Å²) >= 11 is 1.52. The molecule has 2 aromatic rings. The topological polar surface area (TPSA) is 56.3 Å². The molecular weight excluding hydrogens is 250 g/mol. The maximum Gasteiger partial charge on any atom is 0.206 e. The third-order valence-corrected chi connectivity index (χ3v) is 3.27. The Hall–Kier alpha value is -1.66. The Balaban J connectivity index is 2.04. The first kappa shape index (κ1) is 12.8. The number of aromatic nitrogens is 2. The Labute approximate surface area is 110 Å². The molecule has 0 aliphatic carbocycles. The minimum absolute atomic E-state index is 0.650. The number of hydrogen-bond donors (Lipinski definition) is 1. The van der Waals surface area contributed by atoms with E-state index in [1.54, 1.807) is 14.2 Å². The van der Waals surface area contributed by atoms with E-state index in [-0.39, 0.29) is 0 Å². The van der Waals surface area contributed by atoms with Crippen LogP contribution in [0, 0.1) is 0 Å². The number of rotatable bonds is 6. The van der Waals surface area contributed by atoms with Crippen molar-refractivity contribution in [2.45, 2.75) is 0 Å². The molecule has 18 heavy (non-hydrogen) atoms. The lowest BCUT2D eigenvalue weighted by molar-refractivity contribution is 0.211. The lowest BCUT2D eigenvalue weighted by atomic mass is 10.2. The van der Waals surface area contributed by atoms with E-state index in [0.717, 1.165) is 28.0 Å². The number of methoxy groups -OCH3 is 2. The first-order chi connectivity index (χ1) is 8.83. The Morgan fingerprint density at radius 1 is 1.17 bits per heavy atom. The Morgan fingerprint density at radius 2 is 1.94 bits per heavy atom. The van der Waals surface area contributed by atoms with Crippen LogP contribution >= 0.6 is 11.3 Å². The molecule has 0 fully saturated rings. The lowest BCUT2D eigenvalue weighted by Gasteiger charge is -2.00. The minimum Gasteiger partial charge on any atom is -0.497 e. The second kappa shape index (κ2) is 6.32. The molecule has 0 saturated heterocycles. The highest BCUT2D eigenvalue weighted by Crippen LogP contribution is 2.27. The van der Waals surface area contributed by atoms with Gasteiger partial charge in [-0.15, -0.1) is 10.2 Å². The summed E-state index contributed by atoms with van der Waals surface area (Å²) < 4.78 is 10.1. The highest BCUT2D eigenvalue weighted by atomic mass is 32.1. The SMILES string of the molecule is COCCNc1nnc(-c2ccc(OC)cc2)s1. The summed E-state index contributed by atoms with van der Waals surface area (Å²) in [7, 11) is 3.32. The second-order valence-electron chi connectivity index (χ2n) is 3.56. The van der Waals surface area contributed by atoms with Gasteiger partial charge in [0.15, 0.2) is 0 Å². The average Bonchev–Trinajstić information content (AvgIpc) is 2.88. The molecule has 0 radical (unpaired) electrons. The van der Waals surface area contributed by atoms with Crippen molar-refractivity contribution in [1.82, 2.24) is 10.2 Å². The third-order valence-electron chi connectivity index (χ3n) is 2.34. The van der Waals surface area contributed by atoms with Crippen molar-refractivity contribution in [2.24, 2.45) is 0 Å². The summed E-state index contributed by atoms with van der Waals surface area (Å²) in [6.45, 7) is 1.38. The molecule has 0 unspecified atom stereocenters. The quantitative estimate of drug-likeness (QED) is 0.812. The van der Waals surface area contributed by atoms with Crippen LogP contribution < -0.4 is 10.1 Å². The summed E-state index contributed by atoms with van der Waals surface area (Å²) in [6, 6.07) is 7.76. The van der Waals surface area contributed by atoms with Crippen LogP contribution in [0.5, 0.6) is 5.75 Å². The molecule has 0 amide bonds. The van der Waals surface area contributed by atoms with Gasteiger partial charge in [0.2, 0.25) is 5.13 Å². The zero-order valence-electron chi connectivity index (χ0n) is 10.3. The summed E-state index contributed by atoms with van der Waals surface area (Å²) in [6.07, 6.45) is 0. The van der Waals surface area contributed by atoms with Crippen molar-refractivity contribution >= 4 is 16.5 Å². The average molecular weight is 265 g/mol. The fraction of sp³-hybridized carbons (Fsp3) is 0.333. The molecule has 0 bridgehead atoms. The summed E-state index contributed by atoms with van der Waals surface area (Å²) in [5.74, 6) is 0.835. The van der Waals surface area contributed by atoms with Gasteiger partial charge in [0, 0.05) is 19.2 Å². The molecule has 6 heteroatoms. The van der Waals surface area contributed by atoms with E-state index >= 15 is 0 Å².